The van der Waals surface area contributed by atoms with Crippen LogP contribution in [0, 0.1) is 5.41 Å². The zero-order valence-electron chi connectivity index (χ0n) is 13.8. The van der Waals surface area contributed by atoms with Crippen molar-refractivity contribution in [3.05, 3.63) is 0 Å². The summed E-state index contributed by atoms with van der Waals surface area (Å²) >= 11 is 5.14. The van der Waals surface area contributed by atoms with Crippen LogP contribution >= 0.6 is 12.2 Å². The summed E-state index contributed by atoms with van der Waals surface area (Å²) in [7, 11) is 0. The van der Waals surface area contributed by atoms with Gasteiger partial charge in [-0.3, -0.25) is 4.79 Å². The molecule has 0 bridgehead atoms. The molecule has 122 valence electrons. The van der Waals surface area contributed by atoms with E-state index in [1.807, 2.05) is 4.90 Å². The van der Waals surface area contributed by atoms with Gasteiger partial charge in [0, 0.05) is 24.9 Å². The molecule has 1 saturated heterocycles. The van der Waals surface area contributed by atoms with Gasteiger partial charge in [-0.1, -0.05) is 64.6 Å². The third-order valence-corrected chi connectivity index (χ3v) is 5.30. The van der Waals surface area contributed by atoms with E-state index < -0.39 is 0 Å². The Morgan fingerprint density at radius 1 is 1.10 bits per heavy atom. The van der Waals surface area contributed by atoms with Crippen molar-refractivity contribution < 1.29 is 4.79 Å². The van der Waals surface area contributed by atoms with Crippen LogP contribution in [0.4, 0.5) is 0 Å². The molecule has 1 amide bonds. The maximum Gasteiger partial charge on any atom is 0.222 e. The molecular weight excluding hydrogens is 280 g/mol. The largest absolute Gasteiger partial charge is 0.393 e. The fourth-order valence-electron chi connectivity index (χ4n) is 2.89. The summed E-state index contributed by atoms with van der Waals surface area (Å²) in [4.78, 5) is 14.8. The molecule has 0 aromatic rings. The first-order valence-corrected chi connectivity index (χ1v) is 8.98. The Kier molecular flexibility index (Phi) is 8.23. The van der Waals surface area contributed by atoms with Gasteiger partial charge in [-0.2, -0.15) is 0 Å². The molecule has 0 saturated carbocycles. The predicted molar refractivity (Wildman–Crippen MR) is 93.3 cm³/mol. The second-order valence-electron chi connectivity index (χ2n) is 6.68. The molecule has 0 spiro atoms. The zero-order valence-corrected chi connectivity index (χ0v) is 14.6. The van der Waals surface area contributed by atoms with E-state index >= 15 is 0 Å². The van der Waals surface area contributed by atoms with Crippen LogP contribution in [0.2, 0.25) is 0 Å². The van der Waals surface area contributed by atoms with Crippen LogP contribution in [0.1, 0.15) is 78.1 Å². The molecule has 21 heavy (non-hydrogen) atoms. The molecule has 1 fully saturated rings. The molecule has 3 nitrogen and oxygen atoms in total. The quantitative estimate of drug-likeness (QED) is 0.516. The molecule has 0 radical (unpaired) electrons. The van der Waals surface area contributed by atoms with Crippen molar-refractivity contribution >= 4 is 23.1 Å². The van der Waals surface area contributed by atoms with E-state index in [0.29, 0.717) is 17.3 Å². The minimum atomic E-state index is -0.0502. The molecule has 0 aromatic heterocycles. The van der Waals surface area contributed by atoms with Crippen LogP contribution in [0.3, 0.4) is 0 Å². The topological polar surface area (TPSA) is 46.3 Å². The molecule has 4 heteroatoms. The summed E-state index contributed by atoms with van der Waals surface area (Å²) in [6.07, 6.45) is 11.3. The van der Waals surface area contributed by atoms with Crippen LogP contribution in [0.5, 0.6) is 0 Å². The minimum Gasteiger partial charge on any atom is -0.393 e. The molecule has 1 heterocycles. The van der Waals surface area contributed by atoms with Crippen molar-refractivity contribution in [2.75, 3.05) is 13.1 Å². The number of amides is 1. The molecule has 0 aliphatic carbocycles. The number of hydrogen-bond donors (Lipinski definition) is 1. The normalized spacial score (nSPS) is 17.7. The van der Waals surface area contributed by atoms with Crippen LogP contribution in [-0.4, -0.2) is 28.9 Å². The maximum absolute atomic E-state index is 12.2. The second-order valence-corrected chi connectivity index (χ2v) is 7.12. The highest BCUT2D eigenvalue weighted by Gasteiger charge is 2.33. The highest BCUT2D eigenvalue weighted by atomic mass is 32.1. The van der Waals surface area contributed by atoms with Crippen molar-refractivity contribution in [2.24, 2.45) is 11.1 Å². The number of unbranched alkanes of at least 4 members (excludes halogenated alkanes) is 6. The highest BCUT2D eigenvalue weighted by molar-refractivity contribution is 7.80. The van der Waals surface area contributed by atoms with E-state index in [9.17, 15) is 4.79 Å². The van der Waals surface area contributed by atoms with Gasteiger partial charge >= 0.3 is 0 Å². The SMILES string of the molecule is CCCCCCCCCC(=O)N1CCC(C)(C(N)=S)CC1. The van der Waals surface area contributed by atoms with Crippen LogP contribution < -0.4 is 5.73 Å². The van der Waals surface area contributed by atoms with Crippen LogP contribution in [0.25, 0.3) is 0 Å². The predicted octanol–water partition coefficient (Wildman–Crippen LogP) is 4.04. The van der Waals surface area contributed by atoms with Gasteiger partial charge < -0.3 is 10.6 Å². The molecule has 1 aliphatic heterocycles. The molecule has 0 unspecified atom stereocenters. The lowest BCUT2D eigenvalue weighted by molar-refractivity contribution is -0.133. The van der Waals surface area contributed by atoms with Crippen molar-refractivity contribution in [2.45, 2.75) is 78.1 Å². The lowest BCUT2D eigenvalue weighted by atomic mass is 9.80. The monoisotopic (exact) mass is 312 g/mol. The number of thiocarbonyl (C=S) groups is 1. The number of nitrogens with zero attached hydrogens (tertiary/aromatic N) is 1. The van der Waals surface area contributed by atoms with Crippen molar-refractivity contribution in [1.29, 1.82) is 0 Å². The number of carbonyl (C=O) groups excluding carboxylic acids is 1. The van der Waals surface area contributed by atoms with E-state index in [-0.39, 0.29) is 5.41 Å². The number of carbonyl (C=O) groups is 1. The summed E-state index contributed by atoms with van der Waals surface area (Å²) in [5, 5.41) is 0. The van der Waals surface area contributed by atoms with Gasteiger partial charge in [0.15, 0.2) is 0 Å². The van der Waals surface area contributed by atoms with E-state index in [2.05, 4.69) is 13.8 Å². The number of likely N-dealkylation sites (tertiary alicyclic amines) is 1. The van der Waals surface area contributed by atoms with Gasteiger partial charge in [0.2, 0.25) is 5.91 Å². The number of nitrogens with two attached hydrogens (primary N) is 1. The molecule has 0 atom stereocenters. The first-order chi connectivity index (χ1) is 9.99. The van der Waals surface area contributed by atoms with E-state index in [1.54, 1.807) is 0 Å². The van der Waals surface area contributed by atoms with E-state index in [1.165, 1.54) is 38.5 Å². The Labute approximate surface area is 135 Å². The summed E-state index contributed by atoms with van der Waals surface area (Å²) in [5.74, 6) is 0.313. The Balaban J connectivity index is 2.13. The molecule has 1 aliphatic rings. The standard InChI is InChI=1S/C17H32N2OS/c1-3-4-5-6-7-8-9-10-15(20)19-13-11-17(2,12-14-19)16(18)21/h3-14H2,1-2H3,(H2,18,21). The van der Waals surface area contributed by atoms with Crippen LogP contribution in [-0.2, 0) is 4.79 Å². The Bertz CT molecular complexity index is 336. The zero-order chi connectivity index (χ0) is 15.7. The third-order valence-electron chi connectivity index (χ3n) is 4.81. The summed E-state index contributed by atoms with van der Waals surface area (Å²) < 4.78 is 0. The summed E-state index contributed by atoms with van der Waals surface area (Å²) in [6.45, 7) is 5.97. The maximum atomic E-state index is 12.2. The average Bonchev–Trinajstić information content (AvgIpc) is 2.46. The second kappa shape index (κ2) is 9.39. The van der Waals surface area contributed by atoms with Gasteiger partial charge in [0.1, 0.15) is 0 Å². The fraction of sp³-hybridized carbons (Fsp3) is 0.882. The van der Waals surface area contributed by atoms with E-state index in [0.717, 1.165) is 32.4 Å². The van der Waals surface area contributed by atoms with Gasteiger partial charge in [0.05, 0.1) is 4.99 Å². The molecule has 2 N–H and O–H groups in total. The number of hydrogen-bond acceptors (Lipinski definition) is 2. The minimum absolute atomic E-state index is 0.0502. The van der Waals surface area contributed by atoms with Gasteiger partial charge in [-0.25, -0.2) is 0 Å². The van der Waals surface area contributed by atoms with Gasteiger partial charge in [-0.05, 0) is 19.3 Å². The first kappa shape index (κ1) is 18.4. The lowest BCUT2D eigenvalue weighted by Gasteiger charge is -2.38. The third kappa shape index (κ3) is 6.33. The van der Waals surface area contributed by atoms with Crippen molar-refractivity contribution in [3.63, 3.8) is 0 Å². The van der Waals surface area contributed by atoms with Gasteiger partial charge in [-0.15, -0.1) is 0 Å². The number of piperidine rings is 1. The fourth-order valence-corrected chi connectivity index (χ4v) is 3.09. The average molecular weight is 313 g/mol. The summed E-state index contributed by atoms with van der Waals surface area (Å²) in [6, 6.07) is 0. The van der Waals surface area contributed by atoms with Crippen molar-refractivity contribution in [1.82, 2.24) is 4.90 Å². The molecular formula is C17H32N2OS. The Morgan fingerprint density at radius 2 is 1.62 bits per heavy atom. The van der Waals surface area contributed by atoms with E-state index in [4.69, 9.17) is 18.0 Å². The molecule has 1 rings (SSSR count). The number of rotatable bonds is 9. The lowest BCUT2D eigenvalue weighted by Crippen LogP contribution is -2.46. The smallest absolute Gasteiger partial charge is 0.222 e. The Hall–Kier alpha value is -0.640. The Morgan fingerprint density at radius 3 is 2.14 bits per heavy atom. The molecule has 0 aromatic carbocycles. The van der Waals surface area contributed by atoms with Crippen LogP contribution in [0.15, 0.2) is 0 Å². The first-order valence-electron chi connectivity index (χ1n) is 8.57. The summed E-state index contributed by atoms with van der Waals surface area (Å²) in [5.41, 5.74) is 5.75. The van der Waals surface area contributed by atoms with Crippen molar-refractivity contribution in [3.8, 4) is 0 Å². The van der Waals surface area contributed by atoms with Gasteiger partial charge in [0.25, 0.3) is 0 Å². The highest BCUT2D eigenvalue weighted by Crippen LogP contribution is 2.31.